The largest absolute Gasteiger partial charge is 0.316 e. The molecule has 0 fully saturated rings. The summed E-state index contributed by atoms with van der Waals surface area (Å²) in [6, 6.07) is 3.65. The highest BCUT2D eigenvalue weighted by molar-refractivity contribution is 5.21. The van der Waals surface area contributed by atoms with Crippen molar-refractivity contribution < 1.29 is 8.78 Å². The SMILES string of the molecule is CCNCC(C)c1cc(F)cc(F)c1. The molecule has 0 saturated carbocycles. The van der Waals surface area contributed by atoms with Crippen LogP contribution in [0.25, 0.3) is 0 Å². The van der Waals surface area contributed by atoms with E-state index in [2.05, 4.69) is 5.32 Å². The van der Waals surface area contributed by atoms with E-state index in [1.54, 1.807) is 0 Å². The van der Waals surface area contributed by atoms with Gasteiger partial charge in [-0.15, -0.1) is 0 Å². The molecule has 1 aromatic rings. The molecule has 1 aromatic carbocycles. The first-order valence-corrected chi connectivity index (χ1v) is 4.80. The number of halogens is 2. The first-order chi connectivity index (χ1) is 6.63. The van der Waals surface area contributed by atoms with Gasteiger partial charge in [-0.3, -0.25) is 0 Å². The van der Waals surface area contributed by atoms with Crippen molar-refractivity contribution in [3.8, 4) is 0 Å². The van der Waals surface area contributed by atoms with Crippen LogP contribution in [-0.2, 0) is 0 Å². The number of benzene rings is 1. The van der Waals surface area contributed by atoms with Crippen molar-refractivity contribution in [1.29, 1.82) is 0 Å². The fourth-order valence-electron chi connectivity index (χ4n) is 1.34. The Morgan fingerprint density at radius 3 is 2.29 bits per heavy atom. The average molecular weight is 199 g/mol. The summed E-state index contributed by atoms with van der Waals surface area (Å²) in [6.45, 7) is 5.54. The van der Waals surface area contributed by atoms with E-state index in [0.29, 0.717) is 5.56 Å². The van der Waals surface area contributed by atoms with Crippen molar-refractivity contribution in [2.45, 2.75) is 19.8 Å². The molecule has 0 saturated heterocycles. The standard InChI is InChI=1S/C11H15F2N/c1-3-14-7-8(2)9-4-10(12)6-11(13)5-9/h4-6,8,14H,3,7H2,1-2H3. The maximum atomic E-state index is 12.9. The lowest BCUT2D eigenvalue weighted by molar-refractivity contribution is 0.568. The predicted molar refractivity (Wildman–Crippen MR) is 53.3 cm³/mol. The highest BCUT2D eigenvalue weighted by Gasteiger charge is 2.07. The summed E-state index contributed by atoms with van der Waals surface area (Å²) in [4.78, 5) is 0. The molecular weight excluding hydrogens is 184 g/mol. The van der Waals surface area contributed by atoms with Crippen molar-refractivity contribution >= 4 is 0 Å². The molecule has 0 aromatic heterocycles. The Hall–Kier alpha value is -0.960. The van der Waals surface area contributed by atoms with Crippen molar-refractivity contribution in [3.63, 3.8) is 0 Å². The monoisotopic (exact) mass is 199 g/mol. The van der Waals surface area contributed by atoms with E-state index in [4.69, 9.17) is 0 Å². The van der Waals surface area contributed by atoms with Crippen LogP contribution in [0.3, 0.4) is 0 Å². The van der Waals surface area contributed by atoms with Gasteiger partial charge in [0.1, 0.15) is 11.6 Å². The van der Waals surface area contributed by atoms with Gasteiger partial charge in [-0.1, -0.05) is 13.8 Å². The van der Waals surface area contributed by atoms with Crippen LogP contribution in [0.1, 0.15) is 25.3 Å². The van der Waals surface area contributed by atoms with Crippen molar-refractivity contribution in [3.05, 3.63) is 35.4 Å². The fourth-order valence-corrected chi connectivity index (χ4v) is 1.34. The quantitative estimate of drug-likeness (QED) is 0.786. The molecule has 14 heavy (non-hydrogen) atoms. The van der Waals surface area contributed by atoms with Crippen molar-refractivity contribution in [2.75, 3.05) is 13.1 Å². The van der Waals surface area contributed by atoms with Gasteiger partial charge in [0.2, 0.25) is 0 Å². The van der Waals surface area contributed by atoms with Gasteiger partial charge in [-0.2, -0.15) is 0 Å². The van der Waals surface area contributed by atoms with Gasteiger partial charge in [0.05, 0.1) is 0 Å². The summed E-state index contributed by atoms with van der Waals surface area (Å²) < 4.78 is 25.7. The number of likely N-dealkylation sites (N-methyl/N-ethyl adjacent to an activating group) is 1. The highest BCUT2D eigenvalue weighted by Crippen LogP contribution is 2.17. The van der Waals surface area contributed by atoms with Crippen molar-refractivity contribution in [1.82, 2.24) is 5.32 Å². The van der Waals surface area contributed by atoms with Gasteiger partial charge >= 0.3 is 0 Å². The maximum absolute atomic E-state index is 12.9. The van der Waals surface area contributed by atoms with E-state index in [9.17, 15) is 8.78 Å². The van der Waals surface area contributed by atoms with Crippen LogP contribution in [0.4, 0.5) is 8.78 Å². The van der Waals surface area contributed by atoms with Crippen LogP contribution in [0.2, 0.25) is 0 Å². The Balaban J connectivity index is 2.73. The summed E-state index contributed by atoms with van der Waals surface area (Å²) >= 11 is 0. The van der Waals surface area contributed by atoms with E-state index >= 15 is 0 Å². The van der Waals surface area contributed by atoms with Crippen LogP contribution < -0.4 is 5.32 Å². The molecule has 0 radical (unpaired) electrons. The van der Waals surface area contributed by atoms with Gasteiger partial charge in [0.15, 0.2) is 0 Å². The van der Waals surface area contributed by atoms with E-state index in [1.165, 1.54) is 12.1 Å². The topological polar surface area (TPSA) is 12.0 Å². The van der Waals surface area contributed by atoms with E-state index in [1.807, 2.05) is 13.8 Å². The minimum atomic E-state index is -0.511. The first kappa shape index (κ1) is 11.1. The second kappa shape index (κ2) is 5.05. The Bertz CT molecular complexity index is 279. The number of hydrogen-bond donors (Lipinski definition) is 1. The molecule has 1 unspecified atom stereocenters. The van der Waals surface area contributed by atoms with E-state index in [-0.39, 0.29) is 5.92 Å². The molecule has 0 aliphatic rings. The van der Waals surface area contributed by atoms with E-state index in [0.717, 1.165) is 19.2 Å². The zero-order chi connectivity index (χ0) is 10.6. The van der Waals surface area contributed by atoms with Crippen LogP contribution >= 0.6 is 0 Å². The van der Waals surface area contributed by atoms with Crippen LogP contribution in [-0.4, -0.2) is 13.1 Å². The number of rotatable bonds is 4. The second-order valence-electron chi connectivity index (χ2n) is 3.41. The van der Waals surface area contributed by atoms with Crippen LogP contribution in [0.5, 0.6) is 0 Å². The number of hydrogen-bond acceptors (Lipinski definition) is 1. The molecule has 3 heteroatoms. The zero-order valence-corrected chi connectivity index (χ0v) is 8.48. The summed E-state index contributed by atoms with van der Waals surface area (Å²) in [6.07, 6.45) is 0. The molecule has 1 N–H and O–H groups in total. The molecule has 0 aliphatic carbocycles. The lowest BCUT2D eigenvalue weighted by Crippen LogP contribution is -2.19. The van der Waals surface area contributed by atoms with Gasteiger partial charge in [0, 0.05) is 12.6 Å². The van der Waals surface area contributed by atoms with Gasteiger partial charge in [-0.25, -0.2) is 8.78 Å². The molecule has 1 rings (SSSR count). The third-order valence-corrected chi connectivity index (χ3v) is 2.15. The fraction of sp³-hybridized carbons (Fsp3) is 0.455. The smallest absolute Gasteiger partial charge is 0.126 e. The van der Waals surface area contributed by atoms with Gasteiger partial charge in [0.25, 0.3) is 0 Å². The Morgan fingerprint density at radius 2 is 1.79 bits per heavy atom. The van der Waals surface area contributed by atoms with Crippen LogP contribution in [0.15, 0.2) is 18.2 Å². The van der Waals surface area contributed by atoms with Gasteiger partial charge < -0.3 is 5.32 Å². The lowest BCUT2D eigenvalue weighted by Gasteiger charge is -2.12. The summed E-state index contributed by atoms with van der Waals surface area (Å²) in [5, 5.41) is 3.14. The minimum absolute atomic E-state index is 0.125. The molecule has 1 atom stereocenters. The lowest BCUT2D eigenvalue weighted by atomic mass is 10.0. The summed E-state index contributed by atoms with van der Waals surface area (Å²) in [5.74, 6) is -0.896. The first-order valence-electron chi connectivity index (χ1n) is 4.80. The average Bonchev–Trinajstić information content (AvgIpc) is 2.12. The zero-order valence-electron chi connectivity index (χ0n) is 8.48. The molecule has 1 nitrogen and oxygen atoms in total. The molecule has 0 heterocycles. The Labute approximate surface area is 83.1 Å². The maximum Gasteiger partial charge on any atom is 0.126 e. The highest BCUT2D eigenvalue weighted by atomic mass is 19.1. The summed E-state index contributed by atoms with van der Waals surface area (Å²) in [5.41, 5.74) is 0.698. The van der Waals surface area contributed by atoms with Crippen molar-refractivity contribution in [2.24, 2.45) is 0 Å². The molecule has 78 valence electrons. The second-order valence-corrected chi connectivity index (χ2v) is 3.41. The Kier molecular flexibility index (Phi) is 4.01. The number of nitrogens with one attached hydrogen (secondary N) is 1. The third kappa shape index (κ3) is 3.07. The van der Waals surface area contributed by atoms with E-state index < -0.39 is 11.6 Å². The molecule has 0 bridgehead atoms. The molecule has 0 spiro atoms. The normalized spacial score (nSPS) is 12.9. The summed E-state index contributed by atoms with van der Waals surface area (Å²) in [7, 11) is 0. The Morgan fingerprint density at radius 1 is 1.21 bits per heavy atom. The van der Waals surface area contributed by atoms with Gasteiger partial charge in [-0.05, 0) is 30.2 Å². The van der Waals surface area contributed by atoms with Crippen LogP contribution in [0, 0.1) is 11.6 Å². The third-order valence-electron chi connectivity index (χ3n) is 2.15. The molecular formula is C11H15F2N. The predicted octanol–water partition coefficient (Wildman–Crippen LogP) is 2.68. The molecule has 0 amide bonds. The molecule has 0 aliphatic heterocycles. The minimum Gasteiger partial charge on any atom is -0.316 e.